The summed E-state index contributed by atoms with van der Waals surface area (Å²) in [6.45, 7) is 0.313. The second kappa shape index (κ2) is 17.2. The molecule has 0 saturated carbocycles. The zero-order chi connectivity index (χ0) is 27.7. The first-order valence-corrected chi connectivity index (χ1v) is 13.7. The van der Waals surface area contributed by atoms with Gasteiger partial charge >= 0.3 is 5.97 Å². The molecule has 2 aromatic carbocycles. The number of esters is 1. The van der Waals surface area contributed by atoms with Crippen molar-refractivity contribution >= 4 is 17.8 Å². The highest BCUT2D eigenvalue weighted by Gasteiger charge is 2.25. The number of aliphatic hydroxyl groups is 1. The molecule has 2 aromatic rings. The number of amides is 2. The number of carbonyl (C=O) groups is 3. The Morgan fingerprint density at radius 1 is 1.03 bits per heavy atom. The normalized spacial score (nSPS) is 19.8. The van der Waals surface area contributed by atoms with Crippen molar-refractivity contribution in [2.75, 3.05) is 19.8 Å². The molecular formula is C31H40N2O6. The largest absolute Gasteiger partial charge is 0.463 e. The fourth-order valence-electron chi connectivity index (χ4n) is 4.37. The monoisotopic (exact) mass is 536 g/mol. The average Bonchev–Trinajstić information content (AvgIpc) is 2.95. The molecule has 1 aliphatic rings. The molecule has 0 aromatic heterocycles. The average molecular weight is 537 g/mol. The number of hydrogen-bond acceptors (Lipinski definition) is 6. The van der Waals surface area contributed by atoms with E-state index in [1.165, 1.54) is 0 Å². The van der Waals surface area contributed by atoms with E-state index in [1.54, 1.807) is 0 Å². The third-order valence-corrected chi connectivity index (χ3v) is 6.52. The van der Waals surface area contributed by atoms with E-state index in [0.29, 0.717) is 25.9 Å². The highest BCUT2D eigenvalue weighted by molar-refractivity contribution is 5.86. The van der Waals surface area contributed by atoms with Crippen LogP contribution in [0.2, 0.25) is 0 Å². The molecule has 39 heavy (non-hydrogen) atoms. The van der Waals surface area contributed by atoms with Crippen LogP contribution in [-0.4, -0.2) is 54.8 Å². The first kappa shape index (κ1) is 30.1. The van der Waals surface area contributed by atoms with Crippen LogP contribution in [-0.2, 0) is 36.9 Å². The van der Waals surface area contributed by atoms with Crippen LogP contribution in [0.15, 0.2) is 72.8 Å². The minimum Gasteiger partial charge on any atom is -0.463 e. The number of ether oxygens (including phenoxy) is 2. The molecule has 0 bridgehead atoms. The molecule has 1 heterocycles. The Bertz CT molecular complexity index is 1040. The zero-order valence-electron chi connectivity index (χ0n) is 22.4. The van der Waals surface area contributed by atoms with Crippen molar-refractivity contribution in [3.63, 3.8) is 0 Å². The summed E-state index contributed by atoms with van der Waals surface area (Å²) in [4.78, 5) is 38.4. The van der Waals surface area contributed by atoms with Crippen molar-refractivity contribution in [3.8, 4) is 0 Å². The second-order valence-electron chi connectivity index (χ2n) is 9.88. The highest BCUT2D eigenvalue weighted by atomic mass is 16.5. The van der Waals surface area contributed by atoms with Gasteiger partial charge in [0.15, 0.2) is 0 Å². The Kier molecular flexibility index (Phi) is 13.2. The molecule has 3 N–H and O–H groups in total. The third kappa shape index (κ3) is 11.8. The van der Waals surface area contributed by atoms with Crippen LogP contribution in [0.3, 0.4) is 0 Å². The predicted octanol–water partition coefficient (Wildman–Crippen LogP) is 3.48. The number of cyclic esters (lactones) is 1. The standard InChI is InChI=1S/C31H40N2O6/c34-20-27(18-24-12-6-4-7-13-24)32-29(35)19-26-16-10-2-1-3-11-17-30(36)39-23-28(33-31(26)37)22-38-21-25-14-8-5-9-15-25/h2,4-10,12-15,26-28,34H,1,3,11,16-23H2,(H,32,35)(H,33,37)/t26-,27+,28+/m1/s1. The molecule has 0 spiro atoms. The molecule has 3 rings (SSSR count). The van der Waals surface area contributed by atoms with Crippen molar-refractivity contribution < 1.29 is 29.0 Å². The third-order valence-electron chi connectivity index (χ3n) is 6.52. The van der Waals surface area contributed by atoms with E-state index in [1.807, 2.05) is 72.8 Å². The summed E-state index contributed by atoms with van der Waals surface area (Å²) in [5.41, 5.74) is 2.00. The number of aliphatic hydroxyl groups excluding tert-OH is 1. The minimum atomic E-state index is -0.618. The Morgan fingerprint density at radius 2 is 1.74 bits per heavy atom. The van der Waals surface area contributed by atoms with Gasteiger partial charge < -0.3 is 25.2 Å². The summed E-state index contributed by atoms with van der Waals surface area (Å²) >= 11 is 0. The van der Waals surface area contributed by atoms with Gasteiger partial charge in [0.2, 0.25) is 11.8 Å². The van der Waals surface area contributed by atoms with Crippen LogP contribution < -0.4 is 10.6 Å². The van der Waals surface area contributed by atoms with Gasteiger partial charge in [0.25, 0.3) is 0 Å². The fourth-order valence-corrected chi connectivity index (χ4v) is 4.37. The summed E-state index contributed by atoms with van der Waals surface area (Å²) in [5, 5.41) is 15.6. The molecule has 3 atom stereocenters. The molecule has 8 nitrogen and oxygen atoms in total. The summed E-state index contributed by atoms with van der Waals surface area (Å²) in [6.07, 6.45) is 7.46. The van der Waals surface area contributed by atoms with E-state index in [9.17, 15) is 19.5 Å². The van der Waals surface area contributed by atoms with E-state index in [0.717, 1.165) is 30.4 Å². The van der Waals surface area contributed by atoms with Crippen molar-refractivity contribution in [3.05, 3.63) is 83.9 Å². The van der Waals surface area contributed by atoms with Crippen molar-refractivity contribution in [2.24, 2.45) is 5.92 Å². The minimum absolute atomic E-state index is 0.00220. The van der Waals surface area contributed by atoms with Gasteiger partial charge in [-0.15, -0.1) is 0 Å². The first-order chi connectivity index (χ1) is 19.0. The topological polar surface area (TPSA) is 114 Å². The molecule has 0 radical (unpaired) electrons. The second-order valence-corrected chi connectivity index (χ2v) is 9.88. The number of nitrogens with one attached hydrogen (secondary N) is 2. The molecule has 0 fully saturated rings. The van der Waals surface area contributed by atoms with Crippen LogP contribution in [0.5, 0.6) is 0 Å². The molecule has 0 aliphatic carbocycles. The van der Waals surface area contributed by atoms with Crippen molar-refractivity contribution in [1.29, 1.82) is 0 Å². The number of hydrogen-bond donors (Lipinski definition) is 3. The first-order valence-electron chi connectivity index (χ1n) is 13.7. The van der Waals surface area contributed by atoms with E-state index >= 15 is 0 Å². The maximum Gasteiger partial charge on any atom is 0.305 e. The smallest absolute Gasteiger partial charge is 0.305 e. The Labute approximate surface area is 230 Å². The van der Waals surface area contributed by atoms with Gasteiger partial charge in [-0.2, -0.15) is 0 Å². The SMILES string of the molecule is O=C(C[C@H]1CC=CCCCCC(=O)OC[C@H](COCc2ccccc2)NC1=O)N[C@H](CO)Cc1ccccc1. The van der Waals surface area contributed by atoms with Crippen LogP contribution >= 0.6 is 0 Å². The van der Waals surface area contributed by atoms with Gasteiger partial charge in [0.1, 0.15) is 6.61 Å². The molecule has 210 valence electrons. The number of allylic oxidation sites excluding steroid dienone is 2. The van der Waals surface area contributed by atoms with Crippen LogP contribution in [0.1, 0.15) is 49.7 Å². The van der Waals surface area contributed by atoms with E-state index in [-0.39, 0.29) is 44.0 Å². The van der Waals surface area contributed by atoms with Crippen LogP contribution in [0.25, 0.3) is 0 Å². The van der Waals surface area contributed by atoms with Crippen molar-refractivity contribution in [1.82, 2.24) is 10.6 Å². The zero-order valence-corrected chi connectivity index (χ0v) is 22.4. The molecule has 0 unspecified atom stereocenters. The van der Waals surface area contributed by atoms with Gasteiger partial charge in [0.05, 0.1) is 37.8 Å². The Balaban J connectivity index is 1.63. The lowest BCUT2D eigenvalue weighted by Gasteiger charge is -2.23. The van der Waals surface area contributed by atoms with Crippen LogP contribution in [0, 0.1) is 5.92 Å². The van der Waals surface area contributed by atoms with Gasteiger partial charge in [-0.25, -0.2) is 0 Å². The van der Waals surface area contributed by atoms with E-state index < -0.39 is 18.0 Å². The number of carbonyl (C=O) groups excluding carboxylic acids is 3. The highest BCUT2D eigenvalue weighted by Crippen LogP contribution is 2.14. The quantitative estimate of drug-likeness (QED) is 0.317. The molecule has 0 saturated heterocycles. The number of rotatable bonds is 10. The maximum absolute atomic E-state index is 13.3. The maximum atomic E-state index is 13.3. The summed E-state index contributed by atoms with van der Waals surface area (Å²) < 4.78 is 11.3. The van der Waals surface area contributed by atoms with E-state index in [2.05, 4.69) is 10.6 Å². The molecule has 1 aliphatic heterocycles. The van der Waals surface area contributed by atoms with Crippen molar-refractivity contribution in [2.45, 2.75) is 63.6 Å². The van der Waals surface area contributed by atoms with Crippen LogP contribution in [0.4, 0.5) is 0 Å². The summed E-state index contributed by atoms with van der Waals surface area (Å²) in [7, 11) is 0. The van der Waals surface area contributed by atoms with Gasteiger partial charge in [-0.1, -0.05) is 72.8 Å². The molecule has 2 amide bonds. The summed E-state index contributed by atoms with van der Waals surface area (Å²) in [6, 6.07) is 18.3. The lowest BCUT2D eigenvalue weighted by molar-refractivity contribution is -0.146. The Morgan fingerprint density at radius 3 is 2.46 bits per heavy atom. The predicted molar refractivity (Wildman–Crippen MR) is 148 cm³/mol. The molecular weight excluding hydrogens is 496 g/mol. The lowest BCUT2D eigenvalue weighted by atomic mass is 9.97. The van der Waals surface area contributed by atoms with E-state index in [4.69, 9.17) is 9.47 Å². The lowest BCUT2D eigenvalue weighted by Crippen LogP contribution is -2.46. The Hall–Kier alpha value is -3.49. The molecule has 8 heteroatoms. The van der Waals surface area contributed by atoms with Gasteiger partial charge in [-0.05, 0) is 43.2 Å². The fraction of sp³-hybridized carbons (Fsp3) is 0.452. The van der Waals surface area contributed by atoms with Gasteiger partial charge in [0, 0.05) is 12.8 Å². The van der Waals surface area contributed by atoms with Gasteiger partial charge in [-0.3, -0.25) is 14.4 Å². The number of benzene rings is 2. The summed E-state index contributed by atoms with van der Waals surface area (Å²) in [5.74, 6) is -1.53.